The topological polar surface area (TPSA) is 29.5 Å². The van der Waals surface area contributed by atoms with Gasteiger partial charge < -0.3 is 9.84 Å². The van der Waals surface area contributed by atoms with Crippen LogP contribution in [0.3, 0.4) is 0 Å². The molecule has 2 aromatic rings. The van der Waals surface area contributed by atoms with Crippen molar-refractivity contribution in [2.75, 3.05) is 6.61 Å². The Morgan fingerprint density at radius 2 is 1.31 bits per heavy atom. The monoisotopic (exact) mass is 558 g/mol. The molecule has 202 valence electrons. The van der Waals surface area contributed by atoms with E-state index in [2.05, 4.69) is 82.6 Å². The van der Waals surface area contributed by atoms with Crippen molar-refractivity contribution in [3.05, 3.63) is 47.0 Å². The van der Waals surface area contributed by atoms with Crippen LogP contribution < -0.4 is 4.74 Å². The van der Waals surface area contributed by atoms with Gasteiger partial charge in [-0.25, -0.2) is 0 Å². The smallest absolute Gasteiger partial charge is 0.123 e. The molecular weight excluding hydrogens is 508 g/mol. The third-order valence-corrected chi connectivity index (χ3v) is 7.64. The van der Waals surface area contributed by atoms with Crippen molar-refractivity contribution in [3.8, 4) is 22.6 Å². The van der Waals surface area contributed by atoms with Gasteiger partial charge in [0.2, 0.25) is 0 Å². The summed E-state index contributed by atoms with van der Waals surface area (Å²) < 4.78 is 6.49. The lowest BCUT2D eigenvalue weighted by atomic mass is 9.76. The summed E-state index contributed by atoms with van der Waals surface area (Å²) in [7, 11) is 0. The van der Waals surface area contributed by atoms with E-state index in [-0.39, 0.29) is 10.8 Å². The van der Waals surface area contributed by atoms with Crippen LogP contribution in [-0.2, 0) is 16.2 Å². The van der Waals surface area contributed by atoms with Gasteiger partial charge in [-0.15, -0.1) is 0 Å². The molecule has 0 saturated heterocycles. The molecule has 0 aromatic heterocycles. The number of ether oxygens (including phenoxy) is 1. The van der Waals surface area contributed by atoms with Gasteiger partial charge in [0.05, 0.1) is 6.61 Å². The fourth-order valence-electron chi connectivity index (χ4n) is 4.89. The van der Waals surface area contributed by atoms with E-state index in [1.807, 2.05) is 6.07 Å². The second-order valence-electron chi connectivity index (χ2n) is 12.4. The Kier molecular flexibility index (Phi) is 12.3. The van der Waals surface area contributed by atoms with Crippen LogP contribution in [0.15, 0.2) is 30.3 Å². The minimum atomic E-state index is -0.0731. The number of rotatable bonds is 14. The number of aromatic hydroxyl groups is 1. The van der Waals surface area contributed by atoms with Crippen molar-refractivity contribution in [1.29, 1.82) is 0 Å². The van der Waals surface area contributed by atoms with Gasteiger partial charge in [-0.1, -0.05) is 140 Å². The van der Waals surface area contributed by atoms with E-state index in [4.69, 9.17) is 4.74 Å². The predicted molar refractivity (Wildman–Crippen MR) is 161 cm³/mol. The van der Waals surface area contributed by atoms with E-state index in [0.29, 0.717) is 11.1 Å². The van der Waals surface area contributed by atoms with Crippen molar-refractivity contribution < 1.29 is 9.84 Å². The zero-order chi connectivity index (χ0) is 26.8. The Morgan fingerprint density at radius 1 is 0.750 bits per heavy atom. The molecule has 0 amide bonds. The first-order valence-electron chi connectivity index (χ1n) is 14.2. The molecule has 0 aliphatic rings. The lowest BCUT2D eigenvalue weighted by Crippen LogP contribution is -2.19. The average Bonchev–Trinajstić information content (AvgIpc) is 2.80. The maximum atomic E-state index is 10.9. The van der Waals surface area contributed by atoms with Crippen molar-refractivity contribution in [1.82, 2.24) is 0 Å². The molecule has 0 heterocycles. The quantitative estimate of drug-likeness (QED) is 0.184. The third kappa shape index (κ3) is 9.12. The molecule has 0 unspecified atom stereocenters. The lowest BCUT2D eigenvalue weighted by Gasteiger charge is -2.30. The predicted octanol–water partition coefficient (Wildman–Crippen LogP) is 10.8. The first-order chi connectivity index (χ1) is 17.0. The molecule has 0 radical (unpaired) electrons. The van der Waals surface area contributed by atoms with Gasteiger partial charge in [0, 0.05) is 10.9 Å². The van der Waals surface area contributed by atoms with Gasteiger partial charge >= 0.3 is 0 Å². The van der Waals surface area contributed by atoms with Crippen LogP contribution in [0.4, 0.5) is 0 Å². The van der Waals surface area contributed by atoms with Gasteiger partial charge in [-0.05, 0) is 51.6 Å². The van der Waals surface area contributed by atoms with E-state index < -0.39 is 0 Å². The van der Waals surface area contributed by atoms with Crippen molar-refractivity contribution in [2.24, 2.45) is 0 Å². The maximum Gasteiger partial charge on any atom is 0.123 e. The molecule has 0 saturated carbocycles. The first-order valence-corrected chi connectivity index (χ1v) is 15.3. The first kappa shape index (κ1) is 30.7. The Bertz CT molecular complexity index is 934. The van der Waals surface area contributed by atoms with Crippen molar-refractivity contribution in [2.45, 2.75) is 129 Å². The molecule has 0 bridgehead atoms. The molecule has 1 N–H and O–H groups in total. The fourth-order valence-corrected chi connectivity index (χ4v) is 5.36. The number of unbranched alkanes of at least 4 members (excludes halogenated alkanes) is 9. The molecular formula is C33H51BrO2. The van der Waals surface area contributed by atoms with Gasteiger partial charge in [-0.2, -0.15) is 0 Å². The Labute approximate surface area is 230 Å². The van der Waals surface area contributed by atoms with Crippen LogP contribution in [0.1, 0.15) is 129 Å². The van der Waals surface area contributed by atoms with E-state index in [9.17, 15) is 5.11 Å². The Hall–Kier alpha value is -1.48. The molecule has 0 aliphatic heterocycles. The SMILES string of the molecule is CCCCCCCCCCCCOc1cc(-c2c(O)cccc2CBr)c(C(C)(C)C)cc1C(C)(C)C. The lowest BCUT2D eigenvalue weighted by molar-refractivity contribution is 0.296. The van der Waals surface area contributed by atoms with Crippen LogP contribution in [0.2, 0.25) is 0 Å². The number of phenolic OH excluding ortho intramolecular Hbond substituents is 1. The summed E-state index contributed by atoms with van der Waals surface area (Å²) in [6, 6.07) is 10.3. The van der Waals surface area contributed by atoms with Gasteiger partial charge in [0.15, 0.2) is 0 Å². The summed E-state index contributed by atoms with van der Waals surface area (Å²) >= 11 is 3.63. The normalized spacial score (nSPS) is 12.2. The van der Waals surface area contributed by atoms with E-state index in [1.54, 1.807) is 6.07 Å². The summed E-state index contributed by atoms with van der Waals surface area (Å²) in [6.07, 6.45) is 13.2. The standard InChI is InChI=1S/C33H51BrO2/c1-8-9-10-11-12-13-14-15-16-17-21-36-30-22-26(31-25(24-34)19-18-20-29(31)35)27(32(2,3)4)23-28(30)33(5,6)7/h18-20,22-23,35H,8-17,21,24H2,1-7H3. The van der Waals surface area contributed by atoms with Crippen LogP contribution in [0, 0.1) is 0 Å². The van der Waals surface area contributed by atoms with Gasteiger partial charge in [0.25, 0.3) is 0 Å². The van der Waals surface area contributed by atoms with Crippen LogP contribution in [0.25, 0.3) is 11.1 Å². The van der Waals surface area contributed by atoms with E-state index >= 15 is 0 Å². The van der Waals surface area contributed by atoms with Crippen LogP contribution in [0.5, 0.6) is 11.5 Å². The van der Waals surface area contributed by atoms with Gasteiger partial charge in [0.1, 0.15) is 11.5 Å². The average molecular weight is 560 g/mol. The molecule has 0 spiro atoms. The number of phenols is 1. The highest BCUT2D eigenvalue weighted by molar-refractivity contribution is 9.08. The zero-order valence-electron chi connectivity index (χ0n) is 24.1. The minimum absolute atomic E-state index is 0.0391. The number of benzene rings is 2. The number of alkyl halides is 1. The summed E-state index contributed by atoms with van der Waals surface area (Å²) in [5, 5.41) is 11.6. The summed E-state index contributed by atoms with van der Waals surface area (Å²) in [6.45, 7) is 16.5. The van der Waals surface area contributed by atoms with E-state index in [1.165, 1.54) is 68.9 Å². The highest BCUT2D eigenvalue weighted by Crippen LogP contribution is 2.45. The Morgan fingerprint density at radius 3 is 1.83 bits per heavy atom. The van der Waals surface area contributed by atoms with Crippen molar-refractivity contribution >= 4 is 15.9 Å². The molecule has 0 atom stereocenters. The van der Waals surface area contributed by atoms with E-state index in [0.717, 1.165) is 35.5 Å². The molecule has 3 heteroatoms. The number of halogens is 1. The molecule has 0 fully saturated rings. The summed E-state index contributed by atoms with van der Waals surface area (Å²) in [5.41, 5.74) is 5.43. The third-order valence-electron chi connectivity index (χ3n) is 7.03. The number of hydrogen-bond acceptors (Lipinski definition) is 2. The highest BCUT2D eigenvalue weighted by Gasteiger charge is 2.28. The maximum absolute atomic E-state index is 10.9. The largest absolute Gasteiger partial charge is 0.507 e. The molecule has 36 heavy (non-hydrogen) atoms. The van der Waals surface area contributed by atoms with Crippen LogP contribution >= 0.6 is 15.9 Å². The Balaban J connectivity index is 2.20. The molecule has 2 nitrogen and oxygen atoms in total. The zero-order valence-corrected chi connectivity index (χ0v) is 25.7. The summed E-state index contributed by atoms with van der Waals surface area (Å²) in [5.74, 6) is 1.27. The van der Waals surface area contributed by atoms with Crippen LogP contribution in [-0.4, -0.2) is 11.7 Å². The second-order valence-corrected chi connectivity index (χ2v) is 12.9. The molecule has 0 aliphatic carbocycles. The minimum Gasteiger partial charge on any atom is -0.507 e. The second kappa shape index (κ2) is 14.5. The molecule has 2 aromatic carbocycles. The fraction of sp³-hybridized carbons (Fsp3) is 0.636. The highest BCUT2D eigenvalue weighted by atomic mass is 79.9. The molecule has 2 rings (SSSR count). The summed E-state index contributed by atoms with van der Waals surface area (Å²) in [4.78, 5) is 0. The van der Waals surface area contributed by atoms with Crippen molar-refractivity contribution in [3.63, 3.8) is 0 Å². The van der Waals surface area contributed by atoms with Gasteiger partial charge in [-0.3, -0.25) is 0 Å². The number of hydrogen-bond donors (Lipinski definition) is 1.